The molecule has 0 aromatic rings. The van der Waals surface area contributed by atoms with E-state index in [0.29, 0.717) is 6.04 Å². The normalized spacial score (nSPS) is 33.9. The molecule has 1 saturated heterocycles. The van der Waals surface area contributed by atoms with Crippen molar-refractivity contribution >= 4 is 5.91 Å². The van der Waals surface area contributed by atoms with Crippen LogP contribution in [0.1, 0.15) is 26.2 Å². The lowest BCUT2D eigenvalue weighted by molar-refractivity contribution is -0.124. The van der Waals surface area contributed by atoms with Gasteiger partial charge in [0.25, 0.3) is 0 Å². The summed E-state index contributed by atoms with van der Waals surface area (Å²) in [4.78, 5) is 14.4. The Kier molecular flexibility index (Phi) is 4.18. The van der Waals surface area contributed by atoms with Crippen molar-refractivity contribution in [3.63, 3.8) is 0 Å². The van der Waals surface area contributed by atoms with Crippen LogP contribution in [0.5, 0.6) is 0 Å². The van der Waals surface area contributed by atoms with Crippen LogP contribution in [0, 0.1) is 5.92 Å². The molecule has 0 aromatic carbocycles. The fraction of sp³-hybridized carbons (Fsp3) is 0.769. The van der Waals surface area contributed by atoms with Gasteiger partial charge in [-0.15, -0.1) is 0 Å². The summed E-state index contributed by atoms with van der Waals surface area (Å²) in [5.74, 6) is 0.138. The van der Waals surface area contributed by atoms with Crippen LogP contribution >= 0.6 is 0 Å². The lowest BCUT2D eigenvalue weighted by atomic mass is 10.0. The predicted molar refractivity (Wildman–Crippen MR) is 68.5 cm³/mol. The Balaban J connectivity index is 1.80. The van der Waals surface area contributed by atoms with Crippen molar-refractivity contribution in [2.75, 3.05) is 19.6 Å². The Morgan fingerprint density at radius 1 is 1.53 bits per heavy atom. The Labute approximate surface area is 103 Å². The Hall–Kier alpha value is -0.870. The highest BCUT2D eigenvalue weighted by Gasteiger charge is 2.26. The number of nitrogens with one attached hydrogen (secondary N) is 1. The van der Waals surface area contributed by atoms with Gasteiger partial charge in [0.1, 0.15) is 0 Å². The second kappa shape index (κ2) is 5.65. The molecule has 1 amide bonds. The number of piperidine rings is 1. The summed E-state index contributed by atoms with van der Waals surface area (Å²) in [7, 11) is 0. The van der Waals surface area contributed by atoms with E-state index in [0.717, 1.165) is 32.5 Å². The maximum Gasteiger partial charge on any atom is 0.227 e. The molecule has 4 nitrogen and oxygen atoms in total. The van der Waals surface area contributed by atoms with E-state index in [1.54, 1.807) is 0 Å². The molecule has 0 bridgehead atoms. The average molecular weight is 237 g/mol. The highest BCUT2D eigenvalue weighted by molar-refractivity contribution is 5.81. The van der Waals surface area contributed by atoms with Gasteiger partial charge in [0.05, 0.1) is 5.92 Å². The molecule has 2 aliphatic rings. The van der Waals surface area contributed by atoms with E-state index in [2.05, 4.69) is 17.1 Å². The molecule has 96 valence electrons. The number of amides is 1. The van der Waals surface area contributed by atoms with Crippen molar-refractivity contribution in [3.8, 4) is 0 Å². The van der Waals surface area contributed by atoms with Crippen molar-refractivity contribution in [1.29, 1.82) is 0 Å². The number of hydrogen-bond donors (Lipinski definition) is 2. The van der Waals surface area contributed by atoms with Crippen LogP contribution in [0.25, 0.3) is 0 Å². The molecule has 2 rings (SSSR count). The van der Waals surface area contributed by atoms with Gasteiger partial charge in [-0.05, 0) is 32.4 Å². The second-order valence-electron chi connectivity index (χ2n) is 5.13. The number of nitrogens with zero attached hydrogens (tertiary/aromatic N) is 1. The Morgan fingerprint density at radius 3 is 3.00 bits per heavy atom. The molecule has 3 N–H and O–H groups in total. The van der Waals surface area contributed by atoms with Gasteiger partial charge in [-0.2, -0.15) is 0 Å². The predicted octanol–water partition coefficient (Wildman–Crippen LogP) is 0.490. The van der Waals surface area contributed by atoms with Gasteiger partial charge in [-0.25, -0.2) is 0 Å². The average Bonchev–Trinajstić information content (AvgIpc) is 2.76. The van der Waals surface area contributed by atoms with Crippen LogP contribution in [0.2, 0.25) is 0 Å². The number of likely N-dealkylation sites (N-methyl/N-ethyl adjacent to an activating group) is 1. The van der Waals surface area contributed by atoms with Crippen LogP contribution < -0.4 is 11.1 Å². The van der Waals surface area contributed by atoms with Gasteiger partial charge in [-0.1, -0.05) is 19.1 Å². The minimum Gasteiger partial charge on any atom is -0.352 e. The van der Waals surface area contributed by atoms with Crippen LogP contribution in [0.15, 0.2) is 12.2 Å². The van der Waals surface area contributed by atoms with Gasteiger partial charge in [0, 0.05) is 18.6 Å². The zero-order valence-electron chi connectivity index (χ0n) is 10.6. The first-order chi connectivity index (χ1) is 8.19. The van der Waals surface area contributed by atoms with Crippen molar-refractivity contribution < 1.29 is 4.79 Å². The first kappa shape index (κ1) is 12.6. The molecular formula is C13H23N3O. The molecule has 1 aliphatic carbocycles. The molecule has 17 heavy (non-hydrogen) atoms. The highest BCUT2D eigenvalue weighted by atomic mass is 16.1. The molecule has 1 fully saturated rings. The summed E-state index contributed by atoms with van der Waals surface area (Å²) in [5, 5.41) is 3.16. The number of carbonyl (C=O) groups excluding carboxylic acids is 1. The largest absolute Gasteiger partial charge is 0.352 e. The van der Waals surface area contributed by atoms with Gasteiger partial charge < -0.3 is 16.0 Å². The maximum atomic E-state index is 12.0. The summed E-state index contributed by atoms with van der Waals surface area (Å²) >= 11 is 0. The number of nitrogens with two attached hydrogens (primary N) is 1. The zero-order valence-corrected chi connectivity index (χ0v) is 10.6. The standard InChI is InChI=1S/C13H23N3O/c1-2-16-7-3-4-12(9-16)15-13(17)10-5-6-11(14)8-10/h5-6,10-12H,2-4,7-9,14H2,1H3,(H,15,17). The first-order valence-electron chi connectivity index (χ1n) is 6.65. The van der Waals surface area contributed by atoms with E-state index in [9.17, 15) is 4.79 Å². The van der Waals surface area contributed by atoms with Crippen LogP contribution in [-0.4, -0.2) is 42.5 Å². The molecule has 0 saturated carbocycles. The summed E-state index contributed by atoms with van der Waals surface area (Å²) in [5.41, 5.74) is 5.76. The summed E-state index contributed by atoms with van der Waals surface area (Å²) in [6.07, 6.45) is 6.92. The minimum atomic E-state index is -0.0120. The molecule has 1 aliphatic heterocycles. The number of hydrogen-bond acceptors (Lipinski definition) is 3. The monoisotopic (exact) mass is 237 g/mol. The number of carbonyl (C=O) groups is 1. The van der Waals surface area contributed by atoms with Crippen molar-refractivity contribution in [2.45, 2.75) is 38.3 Å². The van der Waals surface area contributed by atoms with Crippen molar-refractivity contribution in [2.24, 2.45) is 11.7 Å². The quantitative estimate of drug-likeness (QED) is 0.702. The fourth-order valence-electron chi connectivity index (χ4n) is 2.69. The van der Waals surface area contributed by atoms with E-state index < -0.39 is 0 Å². The molecule has 4 heteroatoms. The van der Waals surface area contributed by atoms with E-state index in [4.69, 9.17) is 5.73 Å². The first-order valence-corrected chi connectivity index (χ1v) is 6.65. The summed E-state index contributed by atoms with van der Waals surface area (Å²) < 4.78 is 0. The van der Waals surface area contributed by atoms with Crippen LogP contribution in [-0.2, 0) is 4.79 Å². The zero-order chi connectivity index (χ0) is 12.3. The fourth-order valence-corrected chi connectivity index (χ4v) is 2.69. The third-order valence-corrected chi connectivity index (χ3v) is 3.75. The number of rotatable bonds is 3. The van der Waals surface area contributed by atoms with Gasteiger partial charge in [0.2, 0.25) is 5.91 Å². The van der Waals surface area contributed by atoms with E-state index in [-0.39, 0.29) is 17.9 Å². The van der Waals surface area contributed by atoms with E-state index in [1.807, 2.05) is 12.2 Å². The lowest BCUT2D eigenvalue weighted by Gasteiger charge is -2.32. The number of likely N-dealkylation sites (tertiary alicyclic amines) is 1. The smallest absolute Gasteiger partial charge is 0.227 e. The molecule has 3 unspecified atom stereocenters. The second-order valence-corrected chi connectivity index (χ2v) is 5.13. The molecule has 0 aromatic heterocycles. The van der Waals surface area contributed by atoms with Gasteiger partial charge in [-0.3, -0.25) is 4.79 Å². The third-order valence-electron chi connectivity index (χ3n) is 3.75. The van der Waals surface area contributed by atoms with Gasteiger partial charge in [0.15, 0.2) is 0 Å². The van der Waals surface area contributed by atoms with Gasteiger partial charge >= 0.3 is 0 Å². The topological polar surface area (TPSA) is 58.4 Å². The Bertz CT molecular complexity index is 303. The van der Waals surface area contributed by atoms with Crippen molar-refractivity contribution in [1.82, 2.24) is 10.2 Å². The summed E-state index contributed by atoms with van der Waals surface area (Å²) in [6.45, 7) is 5.39. The lowest BCUT2D eigenvalue weighted by Crippen LogP contribution is -2.48. The Morgan fingerprint density at radius 2 is 2.35 bits per heavy atom. The van der Waals surface area contributed by atoms with Crippen molar-refractivity contribution in [3.05, 3.63) is 12.2 Å². The molecule has 3 atom stereocenters. The maximum absolute atomic E-state index is 12.0. The molecule has 0 radical (unpaired) electrons. The van der Waals surface area contributed by atoms with Crippen LogP contribution in [0.3, 0.4) is 0 Å². The van der Waals surface area contributed by atoms with E-state index in [1.165, 1.54) is 6.42 Å². The molecule has 0 spiro atoms. The molecular weight excluding hydrogens is 214 g/mol. The highest BCUT2D eigenvalue weighted by Crippen LogP contribution is 2.17. The third kappa shape index (κ3) is 3.30. The molecule has 1 heterocycles. The van der Waals surface area contributed by atoms with Crippen LogP contribution in [0.4, 0.5) is 0 Å². The minimum absolute atomic E-state index is 0.0120. The SMILES string of the molecule is CCN1CCCC(NC(=O)C2C=CC(N)C2)C1. The summed E-state index contributed by atoms with van der Waals surface area (Å²) in [6, 6.07) is 0.380. The van der Waals surface area contributed by atoms with E-state index >= 15 is 0 Å².